The van der Waals surface area contributed by atoms with Crippen LogP contribution in [0.25, 0.3) is 5.52 Å². The number of nitrogens with one attached hydrogen (secondary N) is 1. The minimum atomic E-state index is -0.376. The summed E-state index contributed by atoms with van der Waals surface area (Å²) in [6.07, 6.45) is 3.53. The first-order valence-corrected chi connectivity index (χ1v) is 9.37. The van der Waals surface area contributed by atoms with Crippen LogP contribution in [-0.2, 0) is 0 Å². The molecule has 0 atom stereocenters. The Balaban J connectivity index is 1.72. The van der Waals surface area contributed by atoms with E-state index in [0.29, 0.717) is 16.3 Å². The number of aromatic nitrogens is 1. The average Bonchev–Trinajstić information content (AvgIpc) is 3.01. The van der Waals surface area contributed by atoms with Gasteiger partial charge >= 0.3 is 0 Å². The first-order chi connectivity index (χ1) is 14.0. The second-order valence-corrected chi connectivity index (χ2v) is 6.99. The monoisotopic (exact) mass is 405 g/mol. The van der Waals surface area contributed by atoms with Crippen molar-refractivity contribution in [2.75, 3.05) is 5.43 Å². The van der Waals surface area contributed by atoms with E-state index in [-0.39, 0.29) is 11.6 Å². The fourth-order valence-corrected chi connectivity index (χ4v) is 3.36. The highest BCUT2D eigenvalue weighted by molar-refractivity contribution is 6.30. The summed E-state index contributed by atoms with van der Waals surface area (Å²) >= 11 is 5.90. The van der Waals surface area contributed by atoms with E-state index in [2.05, 4.69) is 10.5 Å². The lowest BCUT2D eigenvalue weighted by Gasteiger charge is -2.04. The molecule has 4 rings (SSSR count). The Morgan fingerprint density at radius 1 is 1.07 bits per heavy atom. The van der Waals surface area contributed by atoms with Crippen LogP contribution in [0.5, 0.6) is 0 Å². The van der Waals surface area contributed by atoms with Crippen LogP contribution >= 0.6 is 11.6 Å². The molecule has 2 aromatic heterocycles. The van der Waals surface area contributed by atoms with Crippen LogP contribution in [0.4, 0.5) is 10.1 Å². The van der Waals surface area contributed by atoms with Gasteiger partial charge in [0.05, 0.1) is 23.1 Å². The summed E-state index contributed by atoms with van der Waals surface area (Å²) in [4.78, 5) is 13.1. The normalized spacial score (nSPS) is 11.3. The molecule has 4 aromatic rings. The van der Waals surface area contributed by atoms with Crippen LogP contribution in [0.15, 0.2) is 78.0 Å². The van der Waals surface area contributed by atoms with Crippen molar-refractivity contribution in [3.8, 4) is 0 Å². The third-order valence-electron chi connectivity index (χ3n) is 4.69. The topological polar surface area (TPSA) is 45.9 Å². The lowest BCUT2D eigenvalue weighted by atomic mass is 10.0. The zero-order valence-electron chi connectivity index (χ0n) is 15.6. The molecule has 0 saturated heterocycles. The molecule has 1 N–H and O–H groups in total. The molecular weight excluding hydrogens is 389 g/mol. The Morgan fingerprint density at radius 3 is 2.52 bits per heavy atom. The average molecular weight is 406 g/mol. The van der Waals surface area contributed by atoms with E-state index < -0.39 is 0 Å². The highest BCUT2D eigenvalue weighted by Crippen LogP contribution is 2.24. The van der Waals surface area contributed by atoms with Gasteiger partial charge in [0.25, 0.3) is 0 Å². The molecule has 2 aromatic carbocycles. The van der Waals surface area contributed by atoms with E-state index in [4.69, 9.17) is 11.6 Å². The maximum absolute atomic E-state index is 13.2. The smallest absolute Gasteiger partial charge is 0.210 e. The van der Waals surface area contributed by atoms with E-state index in [1.165, 1.54) is 24.3 Å². The van der Waals surface area contributed by atoms with Crippen molar-refractivity contribution < 1.29 is 9.18 Å². The number of ketones is 1. The van der Waals surface area contributed by atoms with Gasteiger partial charge in [-0.25, -0.2) is 4.39 Å². The molecule has 6 heteroatoms. The number of halogens is 2. The predicted molar refractivity (Wildman–Crippen MR) is 115 cm³/mol. The number of hydrazone groups is 1. The fourth-order valence-electron chi connectivity index (χ4n) is 3.23. The number of carbonyl (C=O) groups is 1. The third kappa shape index (κ3) is 3.77. The zero-order chi connectivity index (χ0) is 20.4. The maximum atomic E-state index is 13.2. The molecule has 0 bridgehead atoms. The molecule has 144 valence electrons. The van der Waals surface area contributed by atoms with Gasteiger partial charge in [0.2, 0.25) is 5.78 Å². The van der Waals surface area contributed by atoms with Crippen molar-refractivity contribution in [2.24, 2.45) is 5.10 Å². The molecule has 0 radical (unpaired) electrons. The van der Waals surface area contributed by atoms with Crippen molar-refractivity contribution >= 4 is 34.8 Å². The summed E-state index contributed by atoms with van der Waals surface area (Å²) in [6.45, 7) is 1.88. The number of carbonyl (C=O) groups excluding carboxylic acids is 1. The minimum absolute atomic E-state index is 0.172. The molecule has 0 amide bonds. The quantitative estimate of drug-likeness (QED) is 0.262. The molecule has 0 saturated carbocycles. The second kappa shape index (κ2) is 7.89. The molecule has 4 nitrogen and oxygen atoms in total. The summed E-state index contributed by atoms with van der Waals surface area (Å²) in [5, 5.41) is 4.97. The van der Waals surface area contributed by atoms with Gasteiger partial charge < -0.3 is 4.40 Å². The number of rotatable bonds is 5. The van der Waals surface area contributed by atoms with Crippen molar-refractivity contribution in [3.63, 3.8) is 0 Å². The first kappa shape index (κ1) is 18.9. The Bertz CT molecular complexity index is 1210. The Kier molecular flexibility index (Phi) is 5.14. The first-order valence-electron chi connectivity index (χ1n) is 8.99. The van der Waals surface area contributed by atoms with Gasteiger partial charge in [-0.05, 0) is 73.2 Å². The van der Waals surface area contributed by atoms with E-state index in [0.717, 1.165) is 22.3 Å². The second-order valence-electron chi connectivity index (χ2n) is 6.56. The Hall–Kier alpha value is -3.44. The molecule has 2 heterocycles. The molecule has 0 spiro atoms. The third-order valence-corrected chi connectivity index (χ3v) is 4.94. The lowest BCUT2D eigenvalue weighted by Crippen LogP contribution is -2.07. The molecule has 0 aliphatic heterocycles. The summed E-state index contributed by atoms with van der Waals surface area (Å²) in [5.41, 5.74) is 7.21. The van der Waals surface area contributed by atoms with E-state index in [9.17, 15) is 9.18 Å². The molecule has 29 heavy (non-hydrogen) atoms. The van der Waals surface area contributed by atoms with Crippen LogP contribution in [0, 0.1) is 12.7 Å². The van der Waals surface area contributed by atoms with Crippen molar-refractivity contribution in [1.29, 1.82) is 0 Å². The van der Waals surface area contributed by atoms with Crippen molar-refractivity contribution in [1.82, 2.24) is 4.40 Å². The Morgan fingerprint density at radius 2 is 1.79 bits per heavy atom. The molecule has 0 unspecified atom stereocenters. The molecular formula is C23H17ClFN3O. The van der Waals surface area contributed by atoms with Gasteiger partial charge in [0.15, 0.2) is 0 Å². The number of nitrogens with zero attached hydrogens (tertiary/aromatic N) is 2. The lowest BCUT2D eigenvalue weighted by molar-refractivity contribution is 0.103. The molecule has 0 aliphatic carbocycles. The van der Waals surface area contributed by atoms with Gasteiger partial charge in [-0.15, -0.1) is 0 Å². The number of pyridine rings is 1. The summed E-state index contributed by atoms with van der Waals surface area (Å²) in [5.74, 6) is -0.548. The molecule has 0 aliphatic rings. The largest absolute Gasteiger partial charge is 0.313 e. The number of fused-ring (bicyclic) bond motifs is 1. The Labute approximate surface area is 172 Å². The van der Waals surface area contributed by atoms with Gasteiger partial charge in [-0.2, -0.15) is 5.10 Å². The fraction of sp³-hybridized carbons (Fsp3) is 0.0435. The highest BCUT2D eigenvalue weighted by atomic mass is 35.5. The van der Waals surface area contributed by atoms with Crippen LogP contribution in [0.1, 0.15) is 27.2 Å². The van der Waals surface area contributed by atoms with Crippen LogP contribution in [0.2, 0.25) is 5.02 Å². The number of anilines is 1. The van der Waals surface area contributed by atoms with Gasteiger partial charge in [-0.3, -0.25) is 10.2 Å². The summed E-state index contributed by atoms with van der Waals surface area (Å²) < 4.78 is 15.1. The maximum Gasteiger partial charge on any atom is 0.210 e. The van der Waals surface area contributed by atoms with Crippen molar-refractivity contribution in [2.45, 2.75) is 6.92 Å². The number of benzene rings is 2. The van der Waals surface area contributed by atoms with Crippen LogP contribution < -0.4 is 5.43 Å². The van der Waals surface area contributed by atoms with Crippen molar-refractivity contribution in [3.05, 3.63) is 106 Å². The standard InChI is InChI=1S/C23H17ClFN3O/c1-15-20(14-26-27-19-11-7-17(24)8-12-19)21-4-2-3-13-28(21)22(15)23(29)16-5-9-18(25)10-6-16/h2-14,27H,1H3. The van der Waals surface area contributed by atoms with Gasteiger partial charge in [-0.1, -0.05) is 17.7 Å². The van der Waals surface area contributed by atoms with E-state index in [1.807, 2.05) is 47.9 Å². The van der Waals surface area contributed by atoms with Gasteiger partial charge in [0.1, 0.15) is 5.82 Å². The SMILES string of the molecule is Cc1c(C=NNc2ccc(Cl)cc2)c2ccccn2c1C(=O)c1ccc(F)cc1. The van der Waals surface area contributed by atoms with E-state index >= 15 is 0 Å². The number of hydrogen-bond donors (Lipinski definition) is 1. The van der Waals surface area contributed by atoms with E-state index in [1.54, 1.807) is 18.3 Å². The summed E-state index contributed by atoms with van der Waals surface area (Å²) in [6, 6.07) is 18.5. The van der Waals surface area contributed by atoms with Crippen LogP contribution in [-0.4, -0.2) is 16.4 Å². The summed E-state index contributed by atoms with van der Waals surface area (Å²) in [7, 11) is 0. The minimum Gasteiger partial charge on any atom is -0.313 e. The predicted octanol–water partition coefficient (Wildman–Crippen LogP) is 5.72. The molecule has 0 fully saturated rings. The van der Waals surface area contributed by atoms with Gasteiger partial charge in [0, 0.05) is 22.3 Å². The van der Waals surface area contributed by atoms with Crippen LogP contribution in [0.3, 0.4) is 0 Å². The highest BCUT2D eigenvalue weighted by Gasteiger charge is 2.20. The zero-order valence-corrected chi connectivity index (χ0v) is 16.3. The number of hydrogen-bond acceptors (Lipinski definition) is 3.